The number of ether oxygens (including phenoxy) is 4. The van der Waals surface area contributed by atoms with Gasteiger partial charge in [-0.3, -0.25) is 9.59 Å². The maximum Gasteiger partial charge on any atom is 0.361 e. The van der Waals surface area contributed by atoms with Crippen LogP contribution in [-0.4, -0.2) is 87.4 Å². The van der Waals surface area contributed by atoms with Gasteiger partial charge < -0.3 is 28.5 Å². The van der Waals surface area contributed by atoms with E-state index in [2.05, 4.69) is 135 Å². The lowest BCUT2D eigenvalue weighted by atomic mass is 10.0. The Morgan fingerprint density at radius 2 is 0.679 bits per heavy atom. The van der Waals surface area contributed by atoms with Crippen LogP contribution in [0.15, 0.2) is 122 Å². The second kappa shape index (κ2) is 64.7. The Hall–Kier alpha value is -4.31. The Balaban J connectivity index is 4.26. The standard InChI is InChI=1S/C75H127NO8/c1-6-8-10-12-14-16-18-20-22-24-26-28-30-32-34-35-36-37-38-39-40-42-44-46-48-50-52-54-56-58-60-62-64-66-73(78)84-71(70-83-75(74(79)80)81-68-67-76(3,4)5)69-82-72(77)65-63-61-59-57-55-53-51-49-47-45-43-41-33-31-29-27-25-23-21-19-17-15-13-11-9-7-2/h8,10,14,16,20,22,26,28,32,34,36-37,39-40,44,46,50,52,56,58,71,75H,6-7,9,11-13,15,17-19,21,23-25,27,29-31,33,35,38,41-43,45,47-49,51,53-55,57,59-70H2,1-5H3/p+1/b10-8-,16-14-,22-20-,28-26-,34-32-,37-36-,40-39-,46-44-,52-50-,58-56-. The van der Waals surface area contributed by atoms with E-state index in [1.807, 2.05) is 21.1 Å². The number of unbranched alkanes of at least 4 members (excludes halogenated alkanes) is 27. The van der Waals surface area contributed by atoms with Crippen molar-refractivity contribution in [3.8, 4) is 0 Å². The minimum absolute atomic E-state index is 0.174. The Morgan fingerprint density at radius 1 is 0.369 bits per heavy atom. The van der Waals surface area contributed by atoms with Gasteiger partial charge in [0.05, 0.1) is 34.4 Å². The van der Waals surface area contributed by atoms with Crippen LogP contribution in [0.3, 0.4) is 0 Å². The number of carboxylic acid groups (broad SMARTS) is 1. The van der Waals surface area contributed by atoms with E-state index >= 15 is 0 Å². The second-order valence-corrected chi connectivity index (χ2v) is 23.8. The number of carboxylic acids is 1. The first-order chi connectivity index (χ1) is 41.1. The first kappa shape index (κ1) is 79.7. The fourth-order valence-corrected chi connectivity index (χ4v) is 9.28. The van der Waals surface area contributed by atoms with E-state index in [1.54, 1.807) is 0 Å². The maximum absolute atomic E-state index is 12.9. The van der Waals surface area contributed by atoms with Gasteiger partial charge in [-0.25, -0.2) is 4.79 Å². The monoisotopic (exact) mass is 1170 g/mol. The van der Waals surface area contributed by atoms with E-state index in [0.717, 1.165) is 96.3 Å². The van der Waals surface area contributed by atoms with E-state index in [-0.39, 0.29) is 38.6 Å². The van der Waals surface area contributed by atoms with Crippen LogP contribution in [0.4, 0.5) is 0 Å². The molecular weight excluding hydrogens is 1040 g/mol. The zero-order chi connectivity index (χ0) is 61.2. The molecule has 0 rings (SSSR count). The Bertz CT molecular complexity index is 1790. The van der Waals surface area contributed by atoms with Gasteiger partial charge in [-0.15, -0.1) is 0 Å². The van der Waals surface area contributed by atoms with Crippen molar-refractivity contribution < 1.29 is 42.9 Å². The largest absolute Gasteiger partial charge is 0.477 e. The van der Waals surface area contributed by atoms with Gasteiger partial charge in [0.15, 0.2) is 6.10 Å². The third kappa shape index (κ3) is 65.2. The van der Waals surface area contributed by atoms with Crippen molar-refractivity contribution in [2.75, 3.05) is 47.5 Å². The SMILES string of the molecule is CC/C=C\C/C=C\C/C=C\C/C=C\C/C=C\C/C=C\C/C=C\C/C=C\C/C=C\C/C=C\CCCCC(=O)OC(COC(=O)CCCCCCCCCCCCCCCCCCCCCCCCCCCC)COC(OCC[N+](C)(C)C)C(=O)O. The number of carbonyl (C=O) groups is 3. The van der Waals surface area contributed by atoms with Crippen molar-refractivity contribution in [1.29, 1.82) is 0 Å². The summed E-state index contributed by atoms with van der Waals surface area (Å²) in [7, 11) is 5.96. The van der Waals surface area contributed by atoms with Gasteiger partial charge >= 0.3 is 17.9 Å². The quantitative estimate of drug-likeness (QED) is 0.0211. The topological polar surface area (TPSA) is 108 Å². The molecule has 0 heterocycles. The average molecular weight is 1170 g/mol. The van der Waals surface area contributed by atoms with E-state index in [4.69, 9.17) is 18.9 Å². The summed E-state index contributed by atoms with van der Waals surface area (Å²) in [5.74, 6) is -2.07. The summed E-state index contributed by atoms with van der Waals surface area (Å²) in [4.78, 5) is 37.6. The fraction of sp³-hybridized carbons (Fsp3) is 0.693. The minimum Gasteiger partial charge on any atom is -0.477 e. The predicted molar refractivity (Wildman–Crippen MR) is 359 cm³/mol. The molecule has 9 nitrogen and oxygen atoms in total. The van der Waals surface area contributed by atoms with Gasteiger partial charge in [0.25, 0.3) is 6.29 Å². The van der Waals surface area contributed by atoms with Crippen LogP contribution in [0.2, 0.25) is 0 Å². The van der Waals surface area contributed by atoms with Gasteiger partial charge in [0.1, 0.15) is 13.2 Å². The molecule has 480 valence electrons. The summed E-state index contributed by atoms with van der Waals surface area (Å²) >= 11 is 0. The molecule has 0 radical (unpaired) electrons. The molecular formula is C75H128NO8+. The van der Waals surface area contributed by atoms with Crippen LogP contribution in [0.1, 0.15) is 277 Å². The summed E-state index contributed by atoms with van der Waals surface area (Å²) in [6.45, 7) is 4.73. The maximum atomic E-state index is 12.9. The summed E-state index contributed by atoms with van der Waals surface area (Å²) < 4.78 is 22.9. The molecule has 2 atom stereocenters. The van der Waals surface area contributed by atoms with E-state index in [0.29, 0.717) is 17.4 Å². The highest BCUT2D eigenvalue weighted by molar-refractivity contribution is 5.71. The van der Waals surface area contributed by atoms with Crippen molar-refractivity contribution in [3.05, 3.63) is 122 Å². The number of quaternary nitrogens is 1. The molecule has 9 heteroatoms. The van der Waals surface area contributed by atoms with Gasteiger partial charge in [-0.1, -0.05) is 296 Å². The summed E-state index contributed by atoms with van der Waals surface area (Å²) in [5.41, 5.74) is 0. The van der Waals surface area contributed by atoms with E-state index < -0.39 is 24.3 Å². The Kier molecular flexibility index (Phi) is 61.4. The highest BCUT2D eigenvalue weighted by atomic mass is 16.7. The molecule has 0 bridgehead atoms. The molecule has 0 spiro atoms. The van der Waals surface area contributed by atoms with Crippen molar-refractivity contribution in [2.24, 2.45) is 0 Å². The molecule has 1 N–H and O–H groups in total. The third-order valence-electron chi connectivity index (χ3n) is 14.5. The molecule has 0 aromatic carbocycles. The number of aliphatic carboxylic acids is 1. The molecule has 0 amide bonds. The third-order valence-corrected chi connectivity index (χ3v) is 14.5. The Morgan fingerprint density at radius 3 is 1.01 bits per heavy atom. The lowest BCUT2D eigenvalue weighted by Gasteiger charge is -2.25. The predicted octanol–water partition coefficient (Wildman–Crippen LogP) is 21.2. The number of hydrogen-bond donors (Lipinski definition) is 1. The molecule has 0 aliphatic carbocycles. The zero-order valence-electron chi connectivity index (χ0n) is 54.8. The molecule has 0 aliphatic heterocycles. The summed E-state index contributed by atoms with van der Waals surface area (Å²) in [6, 6.07) is 0. The van der Waals surface area contributed by atoms with Crippen LogP contribution in [-0.2, 0) is 33.3 Å². The second-order valence-electron chi connectivity index (χ2n) is 23.8. The zero-order valence-corrected chi connectivity index (χ0v) is 54.8. The minimum atomic E-state index is -1.53. The van der Waals surface area contributed by atoms with Gasteiger partial charge in [0.2, 0.25) is 0 Å². The smallest absolute Gasteiger partial charge is 0.361 e. The Labute approximate surface area is 517 Å². The molecule has 0 saturated heterocycles. The van der Waals surface area contributed by atoms with E-state index in [1.165, 1.54) is 148 Å². The van der Waals surface area contributed by atoms with Crippen LogP contribution in [0, 0.1) is 0 Å². The number of nitrogens with zero attached hydrogens (tertiary/aromatic N) is 1. The lowest BCUT2D eigenvalue weighted by molar-refractivity contribution is -0.870. The van der Waals surface area contributed by atoms with Crippen LogP contribution in [0.25, 0.3) is 0 Å². The number of esters is 2. The highest BCUT2D eigenvalue weighted by Crippen LogP contribution is 2.17. The van der Waals surface area contributed by atoms with Crippen molar-refractivity contribution in [2.45, 2.75) is 289 Å². The van der Waals surface area contributed by atoms with Crippen molar-refractivity contribution in [3.63, 3.8) is 0 Å². The average Bonchev–Trinajstić information content (AvgIpc) is 3.51. The van der Waals surface area contributed by atoms with Gasteiger partial charge in [-0.2, -0.15) is 0 Å². The number of rotatable bonds is 62. The molecule has 0 saturated carbocycles. The molecule has 0 fully saturated rings. The highest BCUT2D eigenvalue weighted by Gasteiger charge is 2.25. The first-order valence-corrected chi connectivity index (χ1v) is 34.2. The summed E-state index contributed by atoms with van der Waals surface area (Å²) in [6.07, 6.45) is 88.8. The van der Waals surface area contributed by atoms with Crippen LogP contribution < -0.4 is 0 Å². The number of likely N-dealkylation sites (N-methyl/N-ethyl adjacent to an activating group) is 1. The lowest BCUT2D eigenvalue weighted by Crippen LogP contribution is -2.40. The summed E-state index contributed by atoms with van der Waals surface area (Å²) in [5, 5.41) is 9.74. The van der Waals surface area contributed by atoms with Gasteiger partial charge in [0, 0.05) is 12.8 Å². The first-order valence-electron chi connectivity index (χ1n) is 34.2. The van der Waals surface area contributed by atoms with Crippen molar-refractivity contribution in [1.82, 2.24) is 0 Å². The molecule has 84 heavy (non-hydrogen) atoms. The molecule has 2 unspecified atom stereocenters. The molecule has 0 aliphatic rings. The van der Waals surface area contributed by atoms with Crippen LogP contribution in [0.5, 0.6) is 0 Å². The normalized spacial score (nSPS) is 13.5. The van der Waals surface area contributed by atoms with E-state index in [9.17, 15) is 19.5 Å². The number of hydrogen-bond acceptors (Lipinski definition) is 7. The fourth-order valence-electron chi connectivity index (χ4n) is 9.28. The number of carbonyl (C=O) groups excluding carboxylic acids is 2. The van der Waals surface area contributed by atoms with Crippen molar-refractivity contribution >= 4 is 17.9 Å². The number of allylic oxidation sites excluding steroid dienone is 20. The van der Waals surface area contributed by atoms with Crippen LogP contribution >= 0.6 is 0 Å². The molecule has 0 aromatic heterocycles. The van der Waals surface area contributed by atoms with Gasteiger partial charge in [-0.05, 0) is 89.9 Å². The molecule has 0 aromatic rings.